The van der Waals surface area contributed by atoms with Gasteiger partial charge in [0.15, 0.2) is 0 Å². The molecule has 1 aromatic heterocycles. The number of sulfonamides is 1. The van der Waals surface area contributed by atoms with Gasteiger partial charge in [-0.15, -0.1) is 0 Å². The maximum atomic E-state index is 14.3. The van der Waals surface area contributed by atoms with Gasteiger partial charge in [0.25, 0.3) is 11.8 Å². The number of benzene rings is 2. The van der Waals surface area contributed by atoms with Crippen molar-refractivity contribution in [3.05, 3.63) is 98.8 Å². The molecule has 2 aliphatic rings. The van der Waals surface area contributed by atoms with Crippen LogP contribution in [0.5, 0.6) is 0 Å². The predicted molar refractivity (Wildman–Crippen MR) is 162 cm³/mol. The number of aliphatic hydroxyl groups is 1. The second-order valence-corrected chi connectivity index (χ2v) is 13.4. The number of amides is 2. The molecular formula is C30H32Cl2N4O6S. The number of hydrogen-bond donors (Lipinski definition) is 3. The Bertz CT molecular complexity index is 1600. The quantitative estimate of drug-likeness (QED) is 0.295. The summed E-state index contributed by atoms with van der Waals surface area (Å²) in [5.41, 5.74) is 5.06. The molecule has 0 radical (unpaired) electrons. The lowest BCUT2D eigenvalue weighted by Crippen LogP contribution is -2.59. The Labute approximate surface area is 260 Å². The van der Waals surface area contributed by atoms with Gasteiger partial charge >= 0.3 is 0 Å². The number of hydrogen-bond acceptors (Lipinski definition) is 7. The molecule has 5 rings (SSSR count). The summed E-state index contributed by atoms with van der Waals surface area (Å²) in [5, 5.41) is 9.91. The number of carbonyl (C=O) groups is 2. The molecule has 0 bridgehead atoms. The first-order valence-electron chi connectivity index (χ1n) is 13.9. The molecule has 228 valence electrons. The van der Waals surface area contributed by atoms with Crippen molar-refractivity contribution in [2.75, 3.05) is 6.26 Å². The minimum atomic E-state index is -3.59. The molecule has 4 atom stereocenters. The van der Waals surface area contributed by atoms with E-state index < -0.39 is 40.0 Å². The molecule has 2 heterocycles. The lowest BCUT2D eigenvalue weighted by Gasteiger charge is -2.49. The van der Waals surface area contributed by atoms with Gasteiger partial charge in [-0.25, -0.2) is 18.6 Å². The second-order valence-electron chi connectivity index (χ2n) is 10.8. The summed E-state index contributed by atoms with van der Waals surface area (Å²) in [5.74, 6) is -1.80. The standard InChI is InChI=1S/C30H32Cl2N4O6S/c1-43(40,41)35-25-8-4-5-9-26(25)36-28(23-13-11-19(31)14-24(23)32)27(21-6-2-3-7-22(21)30(36)39)29(38)34-42-17-20-12-10-18(16-37)15-33-20/h2-3,6-7,10-15,25-28,35,37H,4-5,8-9,16-17H2,1H3,(H,34,38)/t25-,26-,27+,28-/m0/s1. The smallest absolute Gasteiger partial charge is 0.255 e. The summed E-state index contributed by atoms with van der Waals surface area (Å²) in [6.45, 7) is -0.179. The van der Waals surface area contributed by atoms with Crippen molar-refractivity contribution in [3.63, 3.8) is 0 Å². The topological polar surface area (TPSA) is 138 Å². The molecule has 2 aromatic carbocycles. The largest absolute Gasteiger partial charge is 0.392 e. The highest BCUT2D eigenvalue weighted by Crippen LogP contribution is 2.47. The molecule has 1 aliphatic heterocycles. The van der Waals surface area contributed by atoms with Gasteiger partial charge in [0.1, 0.15) is 6.61 Å². The van der Waals surface area contributed by atoms with Crippen LogP contribution in [0.4, 0.5) is 0 Å². The highest BCUT2D eigenvalue weighted by molar-refractivity contribution is 7.88. The van der Waals surface area contributed by atoms with E-state index in [0.29, 0.717) is 45.8 Å². The van der Waals surface area contributed by atoms with Crippen molar-refractivity contribution in [1.82, 2.24) is 20.1 Å². The SMILES string of the molecule is CS(=O)(=O)N[C@H]1CCCC[C@@H]1N1C(=O)c2ccccc2[C@@H](C(=O)NOCc2ccc(CO)cn2)[C@@H]1c1ccc(Cl)cc1Cl. The van der Waals surface area contributed by atoms with Crippen LogP contribution in [0.15, 0.2) is 60.8 Å². The van der Waals surface area contributed by atoms with Gasteiger partial charge in [-0.2, -0.15) is 0 Å². The summed E-state index contributed by atoms with van der Waals surface area (Å²) in [6, 6.07) is 13.2. The van der Waals surface area contributed by atoms with Gasteiger partial charge in [-0.05, 0) is 53.8 Å². The van der Waals surface area contributed by atoms with E-state index >= 15 is 0 Å². The van der Waals surface area contributed by atoms with Gasteiger partial charge in [0.05, 0.1) is 30.5 Å². The Balaban J connectivity index is 1.56. The number of hydroxylamine groups is 1. The third-order valence-corrected chi connectivity index (χ3v) is 9.15. The van der Waals surface area contributed by atoms with Crippen LogP contribution in [0, 0.1) is 0 Å². The zero-order valence-electron chi connectivity index (χ0n) is 23.4. The number of fused-ring (bicyclic) bond motifs is 1. The van der Waals surface area contributed by atoms with Crippen LogP contribution in [0.3, 0.4) is 0 Å². The molecule has 0 spiro atoms. The van der Waals surface area contributed by atoms with Crippen molar-refractivity contribution < 1.29 is 28.0 Å². The molecule has 1 saturated carbocycles. The number of carbonyl (C=O) groups excluding carboxylic acids is 2. The molecule has 0 unspecified atom stereocenters. The molecule has 2 amide bonds. The Kier molecular flexibility index (Phi) is 9.70. The highest BCUT2D eigenvalue weighted by Gasteiger charge is 2.49. The van der Waals surface area contributed by atoms with Gasteiger partial charge in [-0.1, -0.05) is 66.4 Å². The highest BCUT2D eigenvalue weighted by atomic mass is 35.5. The number of aromatic nitrogens is 1. The van der Waals surface area contributed by atoms with E-state index in [4.69, 9.17) is 28.0 Å². The zero-order valence-corrected chi connectivity index (χ0v) is 25.7. The molecule has 1 fully saturated rings. The van der Waals surface area contributed by atoms with E-state index in [2.05, 4.69) is 15.2 Å². The van der Waals surface area contributed by atoms with Crippen LogP contribution in [0.25, 0.3) is 0 Å². The number of pyridine rings is 1. The Morgan fingerprint density at radius 3 is 2.56 bits per heavy atom. The lowest BCUT2D eigenvalue weighted by atomic mass is 9.76. The maximum absolute atomic E-state index is 14.3. The maximum Gasteiger partial charge on any atom is 0.255 e. The summed E-state index contributed by atoms with van der Waals surface area (Å²) >= 11 is 13.0. The molecule has 3 aromatic rings. The van der Waals surface area contributed by atoms with Crippen molar-refractivity contribution in [2.24, 2.45) is 0 Å². The minimum Gasteiger partial charge on any atom is -0.392 e. The zero-order chi connectivity index (χ0) is 30.7. The fourth-order valence-corrected chi connectivity index (χ4v) is 7.35. The second kappa shape index (κ2) is 13.3. The lowest BCUT2D eigenvalue weighted by molar-refractivity contribution is -0.138. The molecule has 43 heavy (non-hydrogen) atoms. The first-order valence-corrected chi connectivity index (χ1v) is 16.5. The number of nitrogens with one attached hydrogen (secondary N) is 2. The van der Waals surface area contributed by atoms with Gasteiger partial charge in [0.2, 0.25) is 10.0 Å². The Hall–Kier alpha value is -3.06. The van der Waals surface area contributed by atoms with Crippen molar-refractivity contribution in [3.8, 4) is 0 Å². The monoisotopic (exact) mass is 646 g/mol. The van der Waals surface area contributed by atoms with Crippen molar-refractivity contribution in [2.45, 2.75) is 62.9 Å². The van der Waals surface area contributed by atoms with Gasteiger partial charge < -0.3 is 10.0 Å². The van der Waals surface area contributed by atoms with E-state index in [9.17, 15) is 23.1 Å². The summed E-state index contributed by atoms with van der Waals surface area (Å²) in [4.78, 5) is 39.8. The van der Waals surface area contributed by atoms with Crippen LogP contribution in [-0.2, 0) is 32.9 Å². The third-order valence-electron chi connectivity index (χ3n) is 7.85. The average Bonchev–Trinajstić information content (AvgIpc) is 2.97. The first-order chi connectivity index (χ1) is 20.6. The van der Waals surface area contributed by atoms with Crippen LogP contribution in [0.1, 0.15) is 70.4 Å². The van der Waals surface area contributed by atoms with E-state index in [1.54, 1.807) is 59.5 Å². The number of aliphatic hydroxyl groups excluding tert-OH is 1. The normalized spacial score (nSPS) is 22.2. The van der Waals surface area contributed by atoms with Crippen LogP contribution in [0.2, 0.25) is 10.0 Å². The molecule has 10 nitrogen and oxygen atoms in total. The molecule has 1 aliphatic carbocycles. The molecule has 0 saturated heterocycles. The van der Waals surface area contributed by atoms with Gasteiger partial charge in [0, 0.05) is 33.9 Å². The average molecular weight is 648 g/mol. The van der Waals surface area contributed by atoms with Crippen LogP contribution in [-0.4, -0.2) is 53.6 Å². The van der Waals surface area contributed by atoms with E-state index in [1.165, 1.54) is 6.20 Å². The molecule has 3 N–H and O–H groups in total. The number of halogens is 2. The van der Waals surface area contributed by atoms with Crippen molar-refractivity contribution in [1.29, 1.82) is 0 Å². The Morgan fingerprint density at radius 1 is 1.09 bits per heavy atom. The third kappa shape index (κ3) is 7.03. The molecular weight excluding hydrogens is 615 g/mol. The summed E-state index contributed by atoms with van der Waals surface area (Å²) in [7, 11) is -3.59. The van der Waals surface area contributed by atoms with Gasteiger partial charge in [-0.3, -0.25) is 19.4 Å². The van der Waals surface area contributed by atoms with Crippen molar-refractivity contribution >= 4 is 45.0 Å². The first kappa shape index (κ1) is 31.4. The van der Waals surface area contributed by atoms with Crippen LogP contribution < -0.4 is 10.2 Å². The molecule has 13 heteroatoms. The van der Waals surface area contributed by atoms with E-state index in [0.717, 1.165) is 19.1 Å². The van der Waals surface area contributed by atoms with E-state index in [-0.39, 0.29) is 24.1 Å². The Morgan fingerprint density at radius 2 is 1.86 bits per heavy atom. The number of nitrogens with zero attached hydrogens (tertiary/aromatic N) is 2. The predicted octanol–water partition coefficient (Wildman–Crippen LogP) is 4.27. The minimum absolute atomic E-state index is 0.0379. The number of rotatable bonds is 9. The van der Waals surface area contributed by atoms with E-state index in [1.807, 2.05) is 0 Å². The van der Waals surface area contributed by atoms with Crippen LogP contribution >= 0.6 is 23.2 Å². The fraction of sp³-hybridized carbons (Fsp3) is 0.367. The fourth-order valence-electron chi connectivity index (χ4n) is 6.01. The summed E-state index contributed by atoms with van der Waals surface area (Å²) in [6.07, 6.45) is 5.25. The summed E-state index contributed by atoms with van der Waals surface area (Å²) < 4.78 is 27.4.